The third-order valence-corrected chi connectivity index (χ3v) is 10.5. The zero-order valence-electron chi connectivity index (χ0n) is 31.3. The van der Waals surface area contributed by atoms with Crippen LogP contribution in [0.15, 0.2) is 146 Å². The van der Waals surface area contributed by atoms with E-state index < -0.39 is 55.0 Å². The molecule has 0 aliphatic carbocycles. The fourth-order valence-electron chi connectivity index (χ4n) is 7.63. The Morgan fingerprint density at radius 3 is 1.70 bits per heavy atom. The van der Waals surface area contributed by atoms with E-state index in [0.29, 0.717) is 25.6 Å². The highest BCUT2D eigenvalue weighted by atomic mass is 16.7. The highest BCUT2D eigenvalue weighted by molar-refractivity contribution is 5.69. The van der Waals surface area contributed by atoms with Gasteiger partial charge in [-0.25, -0.2) is 4.79 Å². The van der Waals surface area contributed by atoms with Crippen molar-refractivity contribution in [2.45, 2.75) is 75.4 Å². The van der Waals surface area contributed by atoms with Crippen LogP contribution in [0.4, 0.5) is 4.79 Å². The highest BCUT2D eigenvalue weighted by Crippen LogP contribution is 2.42. The van der Waals surface area contributed by atoms with Crippen LogP contribution in [-0.4, -0.2) is 74.1 Å². The Morgan fingerprint density at radius 1 is 0.625 bits per heavy atom. The average Bonchev–Trinajstić information content (AvgIpc) is 3.80. The number of carbonyl (C=O) groups is 1. The van der Waals surface area contributed by atoms with Crippen LogP contribution in [0.3, 0.4) is 0 Å². The van der Waals surface area contributed by atoms with Crippen molar-refractivity contribution in [2.75, 3.05) is 20.3 Å². The largest absolute Gasteiger partial charge is 0.497 e. The molecule has 2 bridgehead atoms. The van der Waals surface area contributed by atoms with Crippen LogP contribution in [0, 0.1) is 0 Å². The van der Waals surface area contributed by atoms with Crippen molar-refractivity contribution in [2.24, 2.45) is 0 Å². The topological polar surface area (TPSA) is 94.2 Å². The summed E-state index contributed by atoms with van der Waals surface area (Å²) >= 11 is 0. The lowest BCUT2D eigenvalue weighted by Crippen LogP contribution is -2.50. The van der Waals surface area contributed by atoms with E-state index in [1.54, 1.807) is 12.0 Å². The molecule has 5 aromatic carbocycles. The number of rotatable bonds is 13. The summed E-state index contributed by atoms with van der Waals surface area (Å²) in [6.07, 6.45) is -5.01. The fourth-order valence-corrected chi connectivity index (χ4v) is 7.63. The first-order chi connectivity index (χ1) is 27.6. The standard InChI is InChI=1S/C46H47NO9/c1-49-37-24-22-36(23-25-37)41-40-42(38(50-27-32-14-6-2-7-15-32)26-47(40)46(48)54-30-35-20-12-5-13-21-35)56-45-44(52-29-34-18-10-4-11-19-34)43(39(55-45)31-53-41)51-28-33-16-8-3-9-17-33/h2-25,38-45H,26-31H2,1H3/t38-,39+,40+,41+,42+,43-,44+,45-/m0/s1. The lowest BCUT2D eigenvalue weighted by molar-refractivity contribution is -0.220. The van der Waals surface area contributed by atoms with Crippen molar-refractivity contribution in [3.63, 3.8) is 0 Å². The monoisotopic (exact) mass is 757 g/mol. The Kier molecular flexibility index (Phi) is 12.3. The van der Waals surface area contributed by atoms with E-state index >= 15 is 0 Å². The van der Waals surface area contributed by atoms with E-state index in [-0.39, 0.29) is 19.8 Å². The third-order valence-electron chi connectivity index (χ3n) is 10.5. The molecule has 8 atom stereocenters. The van der Waals surface area contributed by atoms with Crippen LogP contribution in [0.2, 0.25) is 0 Å². The van der Waals surface area contributed by atoms with E-state index in [4.69, 9.17) is 37.9 Å². The van der Waals surface area contributed by atoms with Gasteiger partial charge in [0.25, 0.3) is 0 Å². The van der Waals surface area contributed by atoms with Gasteiger partial charge in [0.1, 0.15) is 49.0 Å². The Bertz CT molecular complexity index is 1950. The number of hydrogen-bond donors (Lipinski definition) is 0. The molecule has 290 valence electrons. The molecule has 3 heterocycles. The molecule has 0 saturated carbocycles. The number of amides is 1. The summed E-state index contributed by atoms with van der Waals surface area (Å²) in [7, 11) is 1.63. The lowest BCUT2D eigenvalue weighted by atomic mass is 9.96. The molecule has 0 unspecified atom stereocenters. The van der Waals surface area contributed by atoms with E-state index in [1.165, 1.54) is 0 Å². The minimum Gasteiger partial charge on any atom is -0.497 e. The molecule has 3 aliphatic heterocycles. The normalized spacial score (nSPS) is 25.8. The molecule has 8 rings (SSSR count). The number of nitrogens with zero attached hydrogens (tertiary/aromatic N) is 1. The molecule has 1 amide bonds. The third kappa shape index (κ3) is 8.97. The lowest BCUT2D eigenvalue weighted by Gasteiger charge is -2.36. The minimum atomic E-state index is -0.863. The van der Waals surface area contributed by atoms with Crippen molar-refractivity contribution in [1.29, 1.82) is 0 Å². The molecule has 0 N–H and O–H groups in total. The van der Waals surface area contributed by atoms with Gasteiger partial charge in [-0.05, 0) is 39.9 Å². The number of carbonyl (C=O) groups excluding carboxylic acids is 1. The maximum Gasteiger partial charge on any atom is 0.410 e. The number of benzene rings is 5. The summed E-state index contributed by atoms with van der Waals surface area (Å²) < 4.78 is 52.3. The van der Waals surface area contributed by atoms with E-state index in [2.05, 4.69) is 0 Å². The molecular weight excluding hydrogens is 711 g/mol. The summed E-state index contributed by atoms with van der Waals surface area (Å²) in [5.41, 5.74) is 4.75. The molecule has 0 aromatic heterocycles. The van der Waals surface area contributed by atoms with Gasteiger partial charge >= 0.3 is 6.09 Å². The van der Waals surface area contributed by atoms with Gasteiger partial charge in [-0.2, -0.15) is 0 Å². The number of hydrogen-bond acceptors (Lipinski definition) is 9. The van der Waals surface area contributed by atoms with Crippen molar-refractivity contribution in [3.8, 4) is 5.75 Å². The van der Waals surface area contributed by atoms with Gasteiger partial charge in [0.05, 0.1) is 46.1 Å². The predicted octanol–water partition coefficient (Wildman–Crippen LogP) is 7.65. The molecule has 56 heavy (non-hydrogen) atoms. The molecule has 10 nitrogen and oxygen atoms in total. The number of fused-ring (bicyclic) bond motifs is 3. The van der Waals surface area contributed by atoms with Gasteiger partial charge in [-0.1, -0.05) is 133 Å². The van der Waals surface area contributed by atoms with Crippen LogP contribution >= 0.6 is 0 Å². The van der Waals surface area contributed by atoms with Crippen molar-refractivity contribution in [1.82, 2.24) is 4.90 Å². The molecule has 3 aliphatic rings. The molecule has 3 saturated heterocycles. The van der Waals surface area contributed by atoms with E-state index in [0.717, 1.165) is 27.8 Å². The van der Waals surface area contributed by atoms with Gasteiger partial charge in [-0.3, -0.25) is 4.90 Å². The van der Waals surface area contributed by atoms with Gasteiger partial charge < -0.3 is 37.9 Å². The van der Waals surface area contributed by atoms with Crippen LogP contribution in [0.1, 0.15) is 33.9 Å². The molecule has 0 spiro atoms. The van der Waals surface area contributed by atoms with Gasteiger partial charge in [0.2, 0.25) is 0 Å². The second kappa shape index (κ2) is 18.3. The second-order valence-electron chi connectivity index (χ2n) is 14.2. The Balaban J connectivity index is 1.15. The minimum absolute atomic E-state index is 0.113. The number of ether oxygens (including phenoxy) is 8. The Labute approximate surface area is 327 Å². The molecule has 5 aromatic rings. The zero-order valence-corrected chi connectivity index (χ0v) is 31.3. The Morgan fingerprint density at radius 2 is 1.14 bits per heavy atom. The van der Waals surface area contributed by atoms with Crippen LogP contribution in [0.25, 0.3) is 0 Å². The van der Waals surface area contributed by atoms with Crippen LogP contribution in [-0.2, 0) is 59.6 Å². The quantitative estimate of drug-likeness (QED) is 0.120. The predicted molar refractivity (Wildman–Crippen MR) is 207 cm³/mol. The van der Waals surface area contributed by atoms with Gasteiger partial charge in [-0.15, -0.1) is 0 Å². The maximum absolute atomic E-state index is 14.3. The zero-order chi connectivity index (χ0) is 38.1. The smallest absolute Gasteiger partial charge is 0.410 e. The molecule has 0 radical (unpaired) electrons. The first kappa shape index (κ1) is 37.8. The maximum atomic E-state index is 14.3. The van der Waals surface area contributed by atoms with Crippen molar-refractivity contribution < 1.29 is 42.7 Å². The van der Waals surface area contributed by atoms with Crippen LogP contribution < -0.4 is 4.74 Å². The number of likely N-dealkylation sites (tertiary alicyclic amines) is 1. The average molecular weight is 758 g/mol. The van der Waals surface area contributed by atoms with Crippen LogP contribution in [0.5, 0.6) is 5.75 Å². The molecule has 10 heteroatoms. The van der Waals surface area contributed by atoms with Crippen molar-refractivity contribution in [3.05, 3.63) is 173 Å². The molecule has 3 fully saturated rings. The van der Waals surface area contributed by atoms with E-state index in [9.17, 15) is 4.79 Å². The summed E-state index contributed by atoms with van der Waals surface area (Å²) in [6.45, 7) is 1.44. The van der Waals surface area contributed by atoms with Crippen molar-refractivity contribution >= 4 is 6.09 Å². The first-order valence-electron chi connectivity index (χ1n) is 19.1. The fraction of sp³-hybridized carbons (Fsp3) is 0.326. The SMILES string of the molecule is COc1ccc([C@H]2OC[C@H]3O[C@@H](O[C@H]4[C@@H]2N(C(=O)OCc2ccccc2)C[C@@H]4OCc2ccccc2)[C@H](OCc2ccccc2)[C@H]3OCc2ccccc2)cc1. The highest BCUT2D eigenvalue weighted by Gasteiger charge is 2.57. The molecular formula is C46H47NO9. The number of methoxy groups -OCH3 is 1. The van der Waals surface area contributed by atoms with E-state index in [1.807, 2.05) is 146 Å². The summed E-state index contributed by atoms with van der Waals surface area (Å²) in [5.74, 6) is 0.703. The Hall–Kier alpha value is -5.07. The summed E-state index contributed by atoms with van der Waals surface area (Å²) in [5, 5.41) is 0. The summed E-state index contributed by atoms with van der Waals surface area (Å²) in [4.78, 5) is 15.9. The summed E-state index contributed by atoms with van der Waals surface area (Å²) in [6, 6.07) is 46.6. The van der Waals surface area contributed by atoms with Gasteiger partial charge in [0.15, 0.2) is 6.29 Å². The first-order valence-corrected chi connectivity index (χ1v) is 19.1. The second-order valence-corrected chi connectivity index (χ2v) is 14.2. The van der Waals surface area contributed by atoms with Gasteiger partial charge in [0, 0.05) is 0 Å².